The van der Waals surface area contributed by atoms with E-state index in [-0.39, 0.29) is 23.2 Å². The molecule has 1 amide bonds. The average Bonchev–Trinajstić information content (AvgIpc) is 3.18. The van der Waals surface area contributed by atoms with E-state index in [2.05, 4.69) is 15.3 Å². The minimum Gasteiger partial charge on any atom is -0.334 e. The second kappa shape index (κ2) is 6.21. The van der Waals surface area contributed by atoms with Crippen LogP contribution >= 0.6 is 0 Å². The van der Waals surface area contributed by atoms with E-state index >= 15 is 0 Å². The molecule has 9 heteroatoms. The van der Waals surface area contributed by atoms with Crippen LogP contribution in [0.4, 0.5) is 13.2 Å². The fraction of sp³-hybridized carbons (Fsp3) is 0.467. The van der Waals surface area contributed by atoms with Crippen LogP contribution in [0.5, 0.6) is 0 Å². The maximum atomic E-state index is 12.7. The van der Waals surface area contributed by atoms with E-state index in [4.69, 9.17) is 0 Å². The summed E-state index contributed by atoms with van der Waals surface area (Å²) in [6.45, 7) is 2.50. The van der Waals surface area contributed by atoms with Gasteiger partial charge in [0.15, 0.2) is 0 Å². The molecule has 6 nitrogen and oxygen atoms in total. The molecular formula is C15H16F3N5O. The summed E-state index contributed by atoms with van der Waals surface area (Å²) in [4.78, 5) is 17.9. The first-order valence-electron chi connectivity index (χ1n) is 7.56. The van der Waals surface area contributed by atoms with Crippen molar-refractivity contribution in [3.05, 3.63) is 41.5 Å². The van der Waals surface area contributed by atoms with Crippen molar-refractivity contribution in [3.8, 4) is 0 Å². The van der Waals surface area contributed by atoms with Crippen molar-refractivity contribution in [1.29, 1.82) is 0 Å². The Morgan fingerprint density at radius 2 is 2.17 bits per heavy atom. The van der Waals surface area contributed by atoms with Gasteiger partial charge >= 0.3 is 6.18 Å². The van der Waals surface area contributed by atoms with Gasteiger partial charge in [-0.1, -0.05) is 5.21 Å². The summed E-state index contributed by atoms with van der Waals surface area (Å²) in [5.74, 6) is -0.295. The minimum atomic E-state index is -4.52. The third kappa shape index (κ3) is 3.24. The molecule has 1 atom stereocenters. The van der Waals surface area contributed by atoms with E-state index in [0.29, 0.717) is 13.1 Å². The molecule has 1 fully saturated rings. The highest BCUT2D eigenvalue weighted by molar-refractivity contribution is 5.95. The van der Waals surface area contributed by atoms with Crippen molar-refractivity contribution in [2.24, 2.45) is 0 Å². The van der Waals surface area contributed by atoms with E-state index < -0.39 is 11.9 Å². The third-order valence-electron chi connectivity index (χ3n) is 4.11. The molecule has 0 spiro atoms. The molecule has 0 unspecified atom stereocenters. The zero-order valence-electron chi connectivity index (χ0n) is 13.0. The van der Waals surface area contributed by atoms with Crippen molar-refractivity contribution < 1.29 is 18.0 Å². The molecule has 24 heavy (non-hydrogen) atoms. The number of rotatable bonds is 3. The maximum absolute atomic E-state index is 12.7. The molecule has 0 bridgehead atoms. The van der Waals surface area contributed by atoms with Gasteiger partial charge in [0.25, 0.3) is 5.91 Å². The number of amides is 1. The highest BCUT2D eigenvalue weighted by Crippen LogP contribution is 2.29. The first kappa shape index (κ1) is 16.4. The number of alkyl halides is 3. The molecule has 0 aromatic carbocycles. The predicted octanol–water partition coefficient (Wildman–Crippen LogP) is 2.31. The van der Waals surface area contributed by atoms with Gasteiger partial charge in [0.05, 0.1) is 30.0 Å². The Morgan fingerprint density at radius 3 is 2.79 bits per heavy atom. The average molecular weight is 339 g/mol. The number of hydrogen-bond donors (Lipinski definition) is 0. The number of nitrogens with zero attached hydrogens (tertiary/aromatic N) is 5. The Labute approximate surface area is 136 Å². The smallest absolute Gasteiger partial charge is 0.334 e. The van der Waals surface area contributed by atoms with Crippen molar-refractivity contribution >= 4 is 5.91 Å². The lowest BCUT2D eigenvalue weighted by Gasteiger charge is -2.25. The monoisotopic (exact) mass is 339 g/mol. The minimum absolute atomic E-state index is 0.0547. The van der Waals surface area contributed by atoms with Crippen LogP contribution in [-0.2, 0) is 12.7 Å². The SMILES string of the molecule is Cc1nc(C(F)(F)F)ccc1C(=O)N1CCC[C@H]1Cn1ccnn1. The van der Waals surface area contributed by atoms with Crippen LogP contribution in [0.3, 0.4) is 0 Å². The van der Waals surface area contributed by atoms with E-state index in [1.807, 2.05) is 0 Å². The topological polar surface area (TPSA) is 63.9 Å². The number of aromatic nitrogens is 4. The van der Waals surface area contributed by atoms with Gasteiger partial charge in [-0.25, -0.2) is 4.98 Å². The molecular weight excluding hydrogens is 323 g/mol. The number of halogens is 3. The first-order valence-corrected chi connectivity index (χ1v) is 7.56. The van der Waals surface area contributed by atoms with Gasteiger partial charge in [0, 0.05) is 12.7 Å². The Morgan fingerprint density at radius 1 is 1.38 bits per heavy atom. The molecule has 2 aromatic heterocycles. The zero-order chi connectivity index (χ0) is 17.3. The molecule has 2 aromatic rings. The van der Waals surface area contributed by atoms with Crippen LogP contribution in [-0.4, -0.2) is 43.4 Å². The highest BCUT2D eigenvalue weighted by Gasteiger charge is 2.35. The lowest BCUT2D eigenvalue weighted by atomic mass is 10.1. The second-order valence-corrected chi connectivity index (χ2v) is 5.75. The second-order valence-electron chi connectivity index (χ2n) is 5.75. The molecule has 0 radical (unpaired) electrons. The van der Waals surface area contributed by atoms with Crippen LogP contribution in [0.1, 0.15) is 34.6 Å². The molecule has 0 saturated carbocycles. The van der Waals surface area contributed by atoms with Gasteiger partial charge in [0.1, 0.15) is 5.69 Å². The van der Waals surface area contributed by atoms with Gasteiger partial charge in [-0.15, -0.1) is 5.10 Å². The summed E-state index contributed by atoms with van der Waals surface area (Å²) in [6, 6.07) is 2.00. The van der Waals surface area contributed by atoms with Crippen LogP contribution < -0.4 is 0 Å². The third-order valence-corrected chi connectivity index (χ3v) is 4.11. The van der Waals surface area contributed by atoms with Crippen LogP contribution in [0.15, 0.2) is 24.5 Å². The van der Waals surface area contributed by atoms with Gasteiger partial charge in [-0.2, -0.15) is 13.2 Å². The van der Waals surface area contributed by atoms with Crippen LogP contribution in [0.2, 0.25) is 0 Å². The van der Waals surface area contributed by atoms with Crippen molar-refractivity contribution in [3.63, 3.8) is 0 Å². The largest absolute Gasteiger partial charge is 0.433 e. The predicted molar refractivity (Wildman–Crippen MR) is 78.1 cm³/mol. The number of carbonyl (C=O) groups is 1. The fourth-order valence-electron chi connectivity index (χ4n) is 2.94. The van der Waals surface area contributed by atoms with Crippen molar-refractivity contribution in [2.45, 2.75) is 38.5 Å². The Bertz CT molecular complexity index is 729. The molecule has 0 N–H and O–H groups in total. The lowest BCUT2D eigenvalue weighted by molar-refractivity contribution is -0.141. The summed E-state index contributed by atoms with van der Waals surface area (Å²) in [7, 11) is 0. The molecule has 1 aliphatic heterocycles. The molecule has 128 valence electrons. The first-order chi connectivity index (χ1) is 11.4. The van der Waals surface area contributed by atoms with E-state index in [1.54, 1.807) is 22.0 Å². The van der Waals surface area contributed by atoms with Crippen LogP contribution in [0, 0.1) is 6.92 Å². The number of likely N-dealkylation sites (tertiary alicyclic amines) is 1. The normalized spacial score (nSPS) is 18.2. The summed E-state index contributed by atoms with van der Waals surface area (Å²) in [5, 5.41) is 7.63. The standard InChI is InChI=1S/C15H16F3N5O/c1-10-12(4-5-13(20-10)15(16,17)18)14(24)23-7-2-3-11(23)9-22-8-6-19-21-22/h4-6,8,11H,2-3,7,9H2,1H3/t11-/m0/s1. The Balaban J connectivity index is 1.80. The summed E-state index contributed by atoms with van der Waals surface area (Å²) in [6.07, 6.45) is 0.420. The van der Waals surface area contributed by atoms with E-state index in [0.717, 1.165) is 18.9 Å². The van der Waals surface area contributed by atoms with Gasteiger partial charge in [-0.3, -0.25) is 9.48 Å². The number of carbonyl (C=O) groups excluding carboxylic acids is 1. The summed E-state index contributed by atoms with van der Waals surface area (Å²) in [5.41, 5.74) is -0.702. The van der Waals surface area contributed by atoms with Crippen LogP contribution in [0.25, 0.3) is 0 Å². The van der Waals surface area contributed by atoms with E-state index in [9.17, 15) is 18.0 Å². The van der Waals surface area contributed by atoms with Gasteiger partial charge in [-0.05, 0) is 31.9 Å². The molecule has 3 rings (SSSR count). The number of pyridine rings is 1. The molecule has 3 heterocycles. The zero-order valence-corrected chi connectivity index (χ0v) is 13.0. The summed E-state index contributed by atoms with van der Waals surface area (Å²) >= 11 is 0. The number of hydrogen-bond acceptors (Lipinski definition) is 4. The quantitative estimate of drug-likeness (QED) is 0.861. The fourth-order valence-corrected chi connectivity index (χ4v) is 2.94. The van der Waals surface area contributed by atoms with E-state index in [1.165, 1.54) is 13.0 Å². The Kier molecular flexibility index (Phi) is 4.25. The van der Waals surface area contributed by atoms with Gasteiger partial charge < -0.3 is 4.90 Å². The molecule has 0 aliphatic carbocycles. The lowest BCUT2D eigenvalue weighted by Crippen LogP contribution is -2.38. The Hall–Kier alpha value is -2.45. The molecule has 1 saturated heterocycles. The van der Waals surface area contributed by atoms with Gasteiger partial charge in [0.2, 0.25) is 0 Å². The van der Waals surface area contributed by atoms with Crippen molar-refractivity contribution in [2.75, 3.05) is 6.54 Å². The summed E-state index contributed by atoms with van der Waals surface area (Å²) < 4.78 is 39.8. The molecule has 1 aliphatic rings. The van der Waals surface area contributed by atoms with Crippen molar-refractivity contribution in [1.82, 2.24) is 24.9 Å². The highest BCUT2D eigenvalue weighted by atomic mass is 19.4. The maximum Gasteiger partial charge on any atom is 0.433 e. The number of aryl methyl sites for hydroxylation is 1.